The van der Waals surface area contributed by atoms with E-state index in [-0.39, 0.29) is 0 Å². The Morgan fingerprint density at radius 2 is 2.00 bits per heavy atom. The van der Waals surface area contributed by atoms with Crippen molar-refractivity contribution in [3.05, 3.63) is 35.9 Å². The van der Waals surface area contributed by atoms with E-state index in [1.807, 2.05) is 6.07 Å². The van der Waals surface area contributed by atoms with Gasteiger partial charge in [0.05, 0.1) is 0 Å². The SMILES string of the molecule is CC(CN=C(N)NC1CCCC1)c1ccccc1. The van der Waals surface area contributed by atoms with Crippen molar-refractivity contribution in [3.8, 4) is 0 Å². The summed E-state index contributed by atoms with van der Waals surface area (Å²) in [5.74, 6) is 1.01. The zero-order valence-electron chi connectivity index (χ0n) is 11.1. The number of aliphatic imine (C=N–C) groups is 1. The lowest BCUT2D eigenvalue weighted by atomic mass is 10.0. The van der Waals surface area contributed by atoms with Crippen molar-refractivity contribution in [1.82, 2.24) is 5.32 Å². The van der Waals surface area contributed by atoms with Gasteiger partial charge in [0.15, 0.2) is 5.96 Å². The minimum absolute atomic E-state index is 0.412. The van der Waals surface area contributed by atoms with E-state index in [9.17, 15) is 0 Å². The van der Waals surface area contributed by atoms with Crippen molar-refractivity contribution in [2.24, 2.45) is 10.7 Å². The van der Waals surface area contributed by atoms with Gasteiger partial charge in [-0.1, -0.05) is 50.1 Å². The van der Waals surface area contributed by atoms with E-state index in [4.69, 9.17) is 5.73 Å². The van der Waals surface area contributed by atoms with Crippen LogP contribution in [0.1, 0.15) is 44.1 Å². The molecule has 98 valence electrons. The maximum absolute atomic E-state index is 5.92. The predicted octanol–water partition coefficient (Wildman–Crippen LogP) is 2.64. The molecule has 1 saturated carbocycles. The first-order valence-corrected chi connectivity index (χ1v) is 6.87. The van der Waals surface area contributed by atoms with Crippen LogP contribution in [0.25, 0.3) is 0 Å². The first-order chi connectivity index (χ1) is 8.75. The van der Waals surface area contributed by atoms with E-state index in [2.05, 4.69) is 41.5 Å². The number of hydrogen-bond donors (Lipinski definition) is 2. The Hall–Kier alpha value is -1.51. The summed E-state index contributed by atoms with van der Waals surface area (Å²) in [5, 5.41) is 3.31. The molecule has 0 heterocycles. The van der Waals surface area contributed by atoms with Crippen LogP contribution in [0.4, 0.5) is 0 Å². The molecule has 3 nitrogen and oxygen atoms in total. The van der Waals surface area contributed by atoms with Crippen molar-refractivity contribution in [2.45, 2.75) is 44.6 Å². The Kier molecular flexibility index (Phi) is 4.62. The molecule has 1 fully saturated rings. The molecule has 2 rings (SSSR count). The minimum Gasteiger partial charge on any atom is -0.370 e. The standard InChI is InChI=1S/C15H23N3/c1-12(13-7-3-2-4-8-13)11-17-15(16)18-14-9-5-6-10-14/h2-4,7-8,12,14H,5-6,9-11H2,1H3,(H3,16,17,18). The quantitative estimate of drug-likeness (QED) is 0.633. The largest absolute Gasteiger partial charge is 0.370 e. The molecular weight excluding hydrogens is 222 g/mol. The third kappa shape index (κ3) is 3.76. The third-order valence-electron chi connectivity index (χ3n) is 3.61. The molecule has 1 unspecified atom stereocenters. The van der Waals surface area contributed by atoms with E-state index < -0.39 is 0 Å². The Morgan fingerprint density at radius 3 is 2.67 bits per heavy atom. The second kappa shape index (κ2) is 6.43. The molecular formula is C15H23N3. The Balaban J connectivity index is 1.82. The summed E-state index contributed by atoms with van der Waals surface area (Å²) in [4.78, 5) is 4.45. The molecule has 0 bridgehead atoms. The van der Waals surface area contributed by atoms with Gasteiger partial charge in [0.1, 0.15) is 0 Å². The highest BCUT2D eigenvalue weighted by molar-refractivity contribution is 5.78. The third-order valence-corrected chi connectivity index (χ3v) is 3.61. The first-order valence-electron chi connectivity index (χ1n) is 6.87. The lowest BCUT2D eigenvalue weighted by Crippen LogP contribution is -2.38. The number of guanidine groups is 1. The van der Waals surface area contributed by atoms with E-state index in [0.717, 1.165) is 6.54 Å². The summed E-state index contributed by atoms with van der Waals surface area (Å²) in [6.07, 6.45) is 5.08. The molecule has 0 aromatic heterocycles. The summed E-state index contributed by atoms with van der Waals surface area (Å²) in [7, 11) is 0. The van der Waals surface area contributed by atoms with Gasteiger partial charge in [0.25, 0.3) is 0 Å². The normalized spacial score (nSPS) is 18.8. The molecule has 0 spiro atoms. The molecule has 1 aromatic rings. The van der Waals surface area contributed by atoms with Gasteiger partial charge in [0.2, 0.25) is 0 Å². The second-order valence-corrected chi connectivity index (χ2v) is 5.16. The Bertz CT molecular complexity index is 380. The van der Waals surface area contributed by atoms with E-state index in [1.165, 1.54) is 31.2 Å². The van der Waals surface area contributed by atoms with Crippen LogP contribution in [0.5, 0.6) is 0 Å². The van der Waals surface area contributed by atoms with Gasteiger partial charge >= 0.3 is 0 Å². The summed E-state index contributed by atoms with van der Waals surface area (Å²) < 4.78 is 0. The highest BCUT2D eigenvalue weighted by Gasteiger charge is 2.14. The van der Waals surface area contributed by atoms with Crippen LogP contribution < -0.4 is 11.1 Å². The molecule has 1 aliphatic rings. The van der Waals surface area contributed by atoms with Gasteiger partial charge in [-0.2, -0.15) is 0 Å². The van der Waals surface area contributed by atoms with E-state index in [1.54, 1.807) is 0 Å². The number of nitrogens with two attached hydrogens (primary N) is 1. The zero-order valence-corrected chi connectivity index (χ0v) is 11.1. The van der Waals surface area contributed by atoms with Gasteiger partial charge in [-0.25, -0.2) is 0 Å². The fraction of sp³-hybridized carbons (Fsp3) is 0.533. The van der Waals surface area contributed by atoms with Crippen LogP contribution in [0.15, 0.2) is 35.3 Å². The monoisotopic (exact) mass is 245 g/mol. The topological polar surface area (TPSA) is 50.4 Å². The van der Waals surface area contributed by atoms with Crippen LogP contribution in [0.3, 0.4) is 0 Å². The molecule has 0 aliphatic heterocycles. The van der Waals surface area contributed by atoms with Gasteiger partial charge in [-0.3, -0.25) is 4.99 Å². The Labute approximate surface area is 109 Å². The van der Waals surface area contributed by atoms with Gasteiger partial charge in [0, 0.05) is 18.5 Å². The van der Waals surface area contributed by atoms with Crippen molar-refractivity contribution in [1.29, 1.82) is 0 Å². The number of nitrogens with one attached hydrogen (secondary N) is 1. The lowest BCUT2D eigenvalue weighted by molar-refractivity contribution is 0.623. The van der Waals surface area contributed by atoms with Crippen LogP contribution >= 0.6 is 0 Å². The van der Waals surface area contributed by atoms with Gasteiger partial charge < -0.3 is 11.1 Å². The van der Waals surface area contributed by atoms with Crippen molar-refractivity contribution >= 4 is 5.96 Å². The summed E-state index contributed by atoms with van der Waals surface area (Å²) in [5.41, 5.74) is 7.23. The molecule has 1 aromatic carbocycles. The minimum atomic E-state index is 0.412. The van der Waals surface area contributed by atoms with Crippen molar-refractivity contribution < 1.29 is 0 Å². The number of benzene rings is 1. The summed E-state index contributed by atoms with van der Waals surface area (Å²) in [6.45, 7) is 2.93. The molecule has 0 amide bonds. The lowest BCUT2D eigenvalue weighted by Gasteiger charge is -2.14. The fourth-order valence-electron chi connectivity index (χ4n) is 2.45. The van der Waals surface area contributed by atoms with Crippen LogP contribution in [-0.2, 0) is 0 Å². The Morgan fingerprint density at radius 1 is 1.33 bits per heavy atom. The first kappa shape index (κ1) is 12.9. The number of hydrogen-bond acceptors (Lipinski definition) is 1. The highest BCUT2D eigenvalue weighted by atomic mass is 15.1. The molecule has 3 N–H and O–H groups in total. The number of rotatable bonds is 4. The second-order valence-electron chi connectivity index (χ2n) is 5.16. The fourth-order valence-corrected chi connectivity index (χ4v) is 2.45. The molecule has 0 radical (unpaired) electrons. The predicted molar refractivity (Wildman–Crippen MR) is 76.7 cm³/mol. The maximum Gasteiger partial charge on any atom is 0.188 e. The number of nitrogens with zero attached hydrogens (tertiary/aromatic N) is 1. The van der Waals surface area contributed by atoms with Crippen LogP contribution in [-0.4, -0.2) is 18.5 Å². The smallest absolute Gasteiger partial charge is 0.188 e. The molecule has 1 atom stereocenters. The average molecular weight is 245 g/mol. The zero-order chi connectivity index (χ0) is 12.8. The molecule has 18 heavy (non-hydrogen) atoms. The van der Waals surface area contributed by atoms with E-state index in [0.29, 0.717) is 17.9 Å². The molecule has 3 heteroatoms. The molecule has 0 saturated heterocycles. The average Bonchev–Trinajstić information content (AvgIpc) is 2.90. The van der Waals surface area contributed by atoms with E-state index >= 15 is 0 Å². The maximum atomic E-state index is 5.92. The van der Waals surface area contributed by atoms with Crippen molar-refractivity contribution in [2.75, 3.05) is 6.54 Å². The highest BCUT2D eigenvalue weighted by Crippen LogP contribution is 2.17. The van der Waals surface area contributed by atoms with Gasteiger partial charge in [-0.15, -0.1) is 0 Å². The van der Waals surface area contributed by atoms with Crippen molar-refractivity contribution in [3.63, 3.8) is 0 Å². The van der Waals surface area contributed by atoms with Gasteiger partial charge in [-0.05, 0) is 18.4 Å². The van der Waals surface area contributed by atoms with Crippen LogP contribution in [0, 0.1) is 0 Å². The molecule has 1 aliphatic carbocycles. The summed E-state index contributed by atoms with van der Waals surface area (Å²) >= 11 is 0. The summed E-state index contributed by atoms with van der Waals surface area (Å²) in [6, 6.07) is 11.0. The van der Waals surface area contributed by atoms with Crippen LogP contribution in [0.2, 0.25) is 0 Å².